The van der Waals surface area contributed by atoms with Crippen LogP contribution in [0.1, 0.15) is 40.2 Å². The van der Waals surface area contributed by atoms with E-state index >= 15 is 0 Å². The van der Waals surface area contributed by atoms with Crippen LogP contribution in [0.15, 0.2) is 47.6 Å². The van der Waals surface area contributed by atoms with Gasteiger partial charge in [-0.1, -0.05) is 12.1 Å². The first-order valence-electron chi connectivity index (χ1n) is 8.57. The Morgan fingerprint density at radius 1 is 1.10 bits per heavy atom. The van der Waals surface area contributed by atoms with Crippen molar-refractivity contribution in [2.75, 3.05) is 0 Å². The Balaban J connectivity index is 1.66. The summed E-state index contributed by atoms with van der Waals surface area (Å²) in [6.45, 7) is 0. The molecule has 0 amide bonds. The Morgan fingerprint density at radius 2 is 1.90 bits per heavy atom. The molecule has 2 bridgehead atoms. The minimum atomic E-state index is -4.68. The lowest BCUT2D eigenvalue weighted by molar-refractivity contribution is -0.141. The molecule has 1 N–H and O–H groups in total. The Morgan fingerprint density at radius 3 is 2.59 bits per heavy atom. The number of H-pyrrole nitrogens is 1. The van der Waals surface area contributed by atoms with E-state index in [0.717, 1.165) is 10.4 Å². The van der Waals surface area contributed by atoms with Gasteiger partial charge in [0, 0.05) is 29.4 Å². The highest BCUT2D eigenvalue weighted by Gasteiger charge is 2.52. The number of alkyl halides is 3. The fourth-order valence-electron chi connectivity index (χ4n) is 4.11. The zero-order valence-corrected chi connectivity index (χ0v) is 15.3. The Hall–Kier alpha value is -2.79. The van der Waals surface area contributed by atoms with Gasteiger partial charge >= 0.3 is 6.18 Å². The van der Waals surface area contributed by atoms with Gasteiger partial charge in [0.05, 0.1) is 18.3 Å². The molecule has 0 fully saturated rings. The summed E-state index contributed by atoms with van der Waals surface area (Å²) >= 11 is 0. The summed E-state index contributed by atoms with van der Waals surface area (Å²) in [4.78, 5) is 2.87. The molecular formula is C18H12F4N4O2S. The van der Waals surface area contributed by atoms with Gasteiger partial charge in [0.25, 0.3) is 0 Å². The number of nitrogens with zero attached hydrogens (tertiary/aromatic N) is 3. The maximum atomic E-state index is 14.7. The van der Waals surface area contributed by atoms with Gasteiger partial charge in [-0.25, -0.2) is 12.8 Å². The van der Waals surface area contributed by atoms with Crippen molar-refractivity contribution in [3.05, 3.63) is 76.6 Å². The number of fused-ring (bicyclic) bond motifs is 7. The Kier molecular flexibility index (Phi) is 3.69. The van der Waals surface area contributed by atoms with E-state index < -0.39 is 39.8 Å². The van der Waals surface area contributed by atoms with Crippen molar-refractivity contribution < 1.29 is 26.0 Å². The van der Waals surface area contributed by atoms with Gasteiger partial charge in [0.1, 0.15) is 16.4 Å². The van der Waals surface area contributed by atoms with Gasteiger partial charge < -0.3 is 0 Å². The second kappa shape index (κ2) is 5.86. The van der Waals surface area contributed by atoms with Crippen molar-refractivity contribution in [2.45, 2.75) is 29.6 Å². The number of halogens is 4. The molecule has 0 aliphatic carbocycles. The number of hydrogen-bond acceptors (Lipinski definition) is 4. The highest BCUT2D eigenvalue weighted by molar-refractivity contribution is 7.89. The number of hydrogen-bond donors (Lipinski definition) is 1. The third kappa shape index (κ3) is 2.53. The summed E-state index contributed by atoms with van der Waals surface area (Å²) in [5, 5.41) is 6.76. The van der Waals surface area contributed by atoms with E-state index in [1.54, 1.807) is 6.07 Å². The third-order valence-electron chi connectivity index (χ3n) is 5.33. The van der Waals surface area contributed by atoms with Crippen LogP contribution in [0.4, 0.5) is 17.6 Å². The molecule has 5 rings (SSSR count). The van der Waals surface area contributed by atoms with E-state index in [-0.39, 0.29) is 16.9 Å². The smallest absolute Gasteiger partial charge is 0.282 e. The lowest BCUT2D eigenvalue weighted by atomic mass is 10.00. The van der Waals surface area contributed by atoms with Crippen molar-refractivity contribution in [2.24, 2.45) is 0 Å². The van der Waals surface area contributed by atoms with Gasteiger partial charge in [-0.05, 0) is 23.8 Å². The SMILES string of the molecule is O=S(=O)(c1ccc(C(F)(F)F)nc1)N1[C@H]2c3cn[nH]c3C[C@@H]1c1cccc(F)c12. The number of aromatic nitrogens is 3. The average molecular weight is 424 g/mol. The van der Waals surface area contributed by atoms with Gasteiger partial charge in [-0.3, -0.25) is 10.1 Å². The van der Waals surface area contributed by atoms with Crippen LogP contribution in [0.25, 0.3) is 0 Å². The lowest BCUT2D eigenvalue weighted by Gasteiger charge is -2.33. The highest BCUT2D eigenvalue weighted by atomic mass is 32.2. The van der Waals surface area contributed by atoms with Gasteiger partial charge in [0.2, 0.25) is 10.0 Å². The van der Waals surface area contributed by atoms with E-state index in [9.17, 15) is 26.0 Å². The van der Waals surface area contributed by atoms with E-state index in [1.165, 1.54) is 18.3 Å². The fourth-order valence-corrected chi connectivity index (χ4v) is 5.80. The molecule has 29 heavy (non-hydrogen) atoms. The first-order valence-corrected chi connectivity index (χ1v) is 10.0. The number of sulfonamides is 1. The molecule has 4 heterocycles. The number of benzene rings is 1. The van der Waals surface area contributed by atoms with Crippen LogP contribution in [-0.2, 0) is 22.6 Å². The summed E-state index contributed by atoms with van der Waals surface area (Å²) in [5.41, 5.74) is 0.801. The molecule has 0 unspecified atom stereocenters. The van der Waals surface area contributed by atoms with Crippen molar-refractivity contribution >= 4 is 10.0 Å². The van der Waals surface area contributed by atoms with E-state index in [0.29, 0.717) is 29.1 Å². The molecule has 2 aliphatic rings. The fraction of sp³-hybridized carbons (Fsp3) is 0.222. The largest absolute Gasteiger partial charge is 0.433 e. The molecule has 0 saturated carbocycles. The minimum Gasteiger partial charge on any atom is -0.282 e. The number of pyridine rings is 1. The second-order valence-electron chi connectivity index (χ2n) is 6.88. The topological polar surface area (TPSA) is 79.0 Å². The summed E-state index contributed by atoms with van der Waals surface area (Å²) in [6, 6.07) is 4.26. The molecule has 2 aromatic heterocycles. The molecule has 3 aromatic rings. The number of nitrogens with one attached hydrogen (secondary N) is 1. The zero-order valence-electron chi connectivity index (χ0n) is 14.5. The zero-order chi connectivity index (χ0) is 20.6. The maximum Gasteiger partial charge on any atom is 0.433 e. The van der Waals surface area contributed by atoms with Crippen molar-refractivity contribution in [1.82, 2.24) is 19.5 Å². The normalized spacial score (nSPS) is 21.1. The lowest BCUT2D eigenvalue weighted by Crippen LogP contribution is -2.37. The van der Waals surface area contributed by atoms with Crippen LogP contribution in [0, 0.1) is 5.82 Å². The van der Waals surface area contributed by atoms with Gasteiger partial charge in [-0.15, -0.1) is 0 Å². The first kappa shape index (κ1) is 18.3. The molecule has 2 aliphatic heterocycles. The van der Waals surface area contributed by atoms with Crippen molar-refractivity contribution in [1.29, 1.82) is 0 Å². The Labute approximate surface area is 162 Å². The highest BCUT2D eigenvalue weighted by Crippen LogP contribution is 2.54. The maximum absolute atomic E-state index is 14.7. The van der Waals surface area contributed by atoms with Crippen molar-refractivity contribution in [3.63, 3.8) is 0 Å². The van der Waals surface area contributed by atoms with Crippen LogP contribution in [0.2, 0.25) is 0 Å². The quantitative estimate of drug-likeness (QED) is 0.640. The van der Waals surface area contributed by atoms with Crippen LogP contribution in [-0.4, -0.2) is 27.9 Å². The molecule has 2 atom stereocenters. The summed E-state index contributed by atoms with van der Waals surface area (Å²) in [6.07, 6.45) is -2.30. The van der Waals surface area contributed by atoms with E-state index in [4.69, 9.17) is 0 Å². The molecule has 150 valence electrons. The number of aromatic amines is 1. The average Bonchev–Trinajstić information content (AvgIpc) is 3.24. The summed E-state index contributed by atoms with van der Waals surface area (Å²) in [5.74, 6) is -0.546. The van der Waals surface area contributed by atoms with E-state index in [2.05, 4.69) is 15.2 Å². The summed E-state index contributed by atoms with van der Waals surface area (Å²) < 4.78 is 80.9. The van der Waals surface area contributed by atoms with Crippen LogP contribution in [0.3, 0.4) is 0 Å². The minimum absolute atomic E-state index is 0.237. The molecule has 0 radical (unpaired) electrons. The molecule has 6 nitrogen and oxygen atoms in total. The predicted octanol–water partition coefficient (Wildman–Crippen LogP) is 3.35. The van der Waals surface area contributed by atoms with Gasteiger partial charge in [0.15, 0.2) is 0 Å². The molecule has 0 saturated heterocycles. The van der Waals surface area contributed by atoms with E-state index in [1.807, 2.05) is 0 Å². The molecule has 0 spiro atoms. The van der Waals surface area contributed by atoms with Crippen LogP contribution in [0.5, 0.6) is 0 Å². The summed E-state index contributed by atoms with van der Waals surface area (Å²) in [7, 11) is -4.27. The standard InChI is InChI=1S/C18H12F4N4O2S/c19-12-3-1-2-10-14-6-13-11(8-24-25-13)17(16(10)12)26(14)29(27,28)9-4-5-15(23-7-9)18(20,21)22/h1-5,7-8,14,17H,6H2,(H,24,25)/t14-,17+/m1/s1. The molecule has 11 heteroatoms. The van der Waals surface area contributed by atoms with Crippen LogP contribution >= 0.6 is 0 Å². The third-order valence-corrected chi connectivity index (χ3v) is 7.18. The predicted molar refractivity (Wildman–Crippen MR) is 91.5 cm³/mol. The van der Waals surface area contributed by atoms with Crippen molar-refractivity contribution in [3.8, 4) is 0 Å². The van der Waals surface area contributed by atoms with Crippen LogP contribution < -0.4 is 0 Å². The number of rotatable bonds is 2. The van der Waals surface area contributed by atoms with Gasteiger partial charge in [-0.2, -0.15) is 22.6 Å². The monoisotopic (exact) mass is 424 g/mol. The first-order chi connectivity index (χ1) is 13.7. The Bertz CT molecular complexity index is 1220. The molecule has 1 aromatic carbocycles. The molecular weight excluding hydrogens is 412 g/mol. The second-order valence-corrected chi connectivity index (χ2v) is 8.72.